The van der Waals surface area contributed by atoms with Gasteiger partial charge in [0, 0.05) is 44.9 Å². The van der Waals surface area contributed by atoms with Gasteiger partial charge in [-0.3, -0.25) is 10.1 Å². The number of anilines is 2. The monoisotopic (exact) mass is 514 g/mol. The second kappa shape index (κ2) is 10.9. The molecule has 12 heteroatoms. The molecule has 0 bridgehead atoms. The highest BCUT2D eigenvalue weighted by atomic mass is 16.6. The van der Waals surface area contributed by atoms with Crippen LogP contribution in [-0.2, 0) is 6.54 Å². The number of nitro groups is 1. The average Bonchev–Trinajstić information content (AvgIpc) is 3.35. The minimum atomic E-state index is -0.422. The van der Waals surface area contributed by atoms with Gasteiger partial charge in [0.25, 0.3) is 5.69 Å². The lowest BCUT2D eigenvalue weighted by Crippen LogP contribution is -2.50. The lowest BCUT2D eigenvalue weighted by Gasteiger charge is -2.34. The summed E-state index contributed by atoms with van der Waals surface area (Å²) >= 11 is 0. The number of hydrogen-bond acceptors (Lipinski definition) is 9. The summed E-state index contributed by atoms with van der Waals surface area (Å²) in [5.41, 5.74) is 2.16. The molecule has 0 aliphatic carbocycles. The first-order chi connectivity index (χ1) is 18.5. The minimum absolute atomic E-state index is 0.0385. The zero-order valence-corrected chi connectivity index (χ0v) is 20.6. The first-order valence-corrected chi connectivity index (χ1v) is 12.1. The molecular weight excluding hydrogens is 488 g/mol. The van der Waals surface area contributed by atoms with Crippen molar-refractivity contribution in [3.8, 4) is 5.75 Å². The summed E-state index contributed by atoms with van der Waals surface area (Å²) in [6, 6.07) is 15.4. The van der Waals surface area contributed by atoms with Crippen LogP contribution >= 0.6 is 0 Å². The molecule has 1 saturated heterocycles. The van der Waals surface area contributed by atoms with Gasteiger partial charge < -0.3 is 24.4 Å². The van der Waals surface area contributed by atoms with E-state index >= 15 is 0 Å². The number of benzene rings is 2. The molecule has 12 nitrogen and oxygen atoms in total. The van der Waals surface area contributed by atoms with Crippen molar-refractivity contribution in [3.63, 3.8) is 0 Å². The number of amides is 1. The summed E-state index contributed by atoms with van der Waals surface area (Å²) in [6.07, 6.45) is 3.03. The van der Waals surface area contributed by atoms with E-state index in [0.717, 1.165) is 5.56 Å². The number of fused-ring (bicyclic) bond motifs is 1. The van der Waals surface area contributed by atoms with Crippen LogP contribution in [-0.4, -0.2) is 68.2 Å². The number of ether oxygens (including phenoxy) is 1. The summed E-state index contributed by atoms with van der Waals surface area (Å²) in [5, 5.41) is 14.2. The normalized spacial score (nSPS) is 13.4. The van der Waals surface area contributed by atoms with Crippen molar-refractivity contribution >= 4 is 34.7 Å². The number of para-hydroxylation sites is 1. The maximum Gasteiger partial charge on any atom is 0.415 e. The van der Waals surface area contributed by atoms with Crippen LogP contribution in [0.2, 0.25) is 0 Å². The molecular formula is C26H26N8O4. The Labute approximate surface area is 218 Å². The highest BCUT2D eigenvalue weighted by Gasteiger charge is 2.25. The standard InChI is InChI=1S/C26H26N8O4/c1-2-12-27-23-22-24(33(18-28-22)17-19-8-10-20(11-9-19)34(36)37)30-25(29-23)31-13-15-32(16-14-31)26(35)38-21-6-4-3-5-7-21/h2-11,18H,1,12-17H2,(H,27,29,30). The van der Waals surface area contributed by atoms with E-state index in [1.54, 1.807) is 41.6 Å². The van der Waals surface area contributed by atoms with Crippen molar-refractivity contribution in [2.24, 2.45) is 0 Å². The zero-order chi connectivity index (χ0) is 26.5. The molecule has 0 radical (unpaired) electrons. The number of nitrogens with one attached hydrogen (secondary N) is 1. The first kappa shape index (κ1) is 24.7. The average molecular weight is 515 g/mol. The number of imidazole rings is 1. The lowest BCUT2D eigenvalue weighted by atomic mass is 10.2. The van der Waals surface area contributed by atoms with Crippen molar-refractivity contribution in [1.82, 2.24) is 24.4 Å². The van der Waals surface area contributed by atoms with Crippen LogP contribution in [0.4, 0.5) is 22.2 Å². The molecule has 0 spiro atoms. The number of rotatable bonds is 8. The molecule has 0 atom stereocenters. The molecule has 5 rings (SSSR count). The quantitative estimate of drug-likeness (QED) is 0.212. The van der Waals surface area contributed by atoms with Crippen LogP contribution in [0.3, 0.4) is 0 Å². The molecule has 0 unspecified atom stereocenters. The van der Waals surface area contributed by atoms with E-state index in [0.29, 0.717) is 67.9 Å². The molecule has 2 aromatic heterocycles. The maximum absolute atomic E-state index is 12.6. The maximum atomic E-state index is 12.6. The molecule has 2 aromatic carbocycles. The van der Waals surface area contributed by atoms with Gasteiger partial charge in [0.2, 0.25) is 5.95 Å². The number of nitro benzene ring substituents is 1. The van der Waals surface area contributed by atoms with Gasteiger partial charge >= 0.3 is 6.09 Å². The van der Waals surface area contributed by atoms with Gasteiger partial charge in [-0.25, -0.2) is 9.78 Å². The molecule has 1 aliphatic rings. The Bertz CT molecular complexity index is 1450. The highest BCUT2D eigenvalue weighted by molar-refractivity contribution is 5.84. The number of piperazine rings is 1. The summed E-state index contributed by atoms with van der Waals surface area (Å²) in [4.78, 5) is 40.9. The molecule has 3 heterocycles. The van der Waals surface area contributed by atoms with Crippen LogP contribution in [0, 0.1) is 10.1 Å². The third kappa shape index (κ3) is 5.38. The topological polar surface area (TPSA) is 132 Å². The molecule has 38 heavy (non-hydrogen) atoms. The molecule has 1 N–H and O–H groups in total. The molecule has 1 amide bonds. The predicted octanol–water partition coefficient (Wildman–Crippen LogP) is 3.70. The molecule has 0 saturated carbocycles. The van der Waals surface area contributed by atoms with Crippen molar-refractivity contribution in [3.05, 3.63) is 89.3 Å². The van der Waals surface area contributed by atoms with E-state index in [-0.39, 0.29) is 11.8 Å². The fraction of sp³-hybridized carbons (Fsp3) is 0.231. The van der Waals surface area contributed by atoms with E-state index in [9.17, 15) is 14.9 Å². The van der Waals surface area contributed by atoms with Crippen molar-refractivity contribution in [2.45, 2.75) is 6.54 Å². The van der Waals surface area contributed by atoms with E-state index in [1.165, 1.54) is 12.1 Å². The van der Waals surface area contributed by atoms with Gasteiger partial charge in [0.05, 0.1) is 17.8 Å². The Morgan fingerprint density at radius 2 is 1.82 bits per heavy atom. The fourth-order valence-electron chi connectivity index (χ4n) is 4.14. The number of non-ortho nitro benzene ring substituents is 1. The van der Waals surface area contributed by atoms with Gasteiger partial charge in [-0.15, -0.1) is 6.58 Å². The van der Waals surface area contributed by atoms with Gasteiger partial charge in [-0.1, -0.05) is 36.4 Å². The van der Waals surface area contributed by atoms with E-state index < -0.39 is 4.92 Å². The summed E-state index contributed by atoms with van der Waals surface area (Å²) in [7, 11) is 0. The van der Waals surface area contributed by atoms with E-state index in [1.807, 2.05) is 27.7 Å². The number of carbonyl (C=O) groups is 1. The number of hydrogen-bond donors (Lipinski definition) is 1. The SMILES string of the molecule is C=CCNc1nc(N2CCN(C(=O)Oc3ccccc3)CC2)nc2c1ncn2Cc1ccc([N+](=O)[O-])cc1. The predicted molar refractivity (Wildman–Crippen MR) is 142 cm³/mol. The Kier molecular flexibility index (Phi) is 7.11. The third-order valence-corrected chi connectivity index (χ3v) is 6.14. The van der Waals surface area contributed by atoms with Crippen LogP contribution in [0.1, 0.15) is 5.56 Å². The lowest BCUT2D eigenvalue weighted by molar-refractivity contribution is -0.384. The number of carbonyl (C=O) groups excluding carboxylic acids is 1. The van der Waals surface area contributed by atoms with Crippen LogP contribution < -0.4 is 15.0 Å². The Morgan fingerprint density at radius 3 is 2.50 bits per heavy atom. The van der Waals surface area contributed by atoms with Crippen LogP contribution in [0.5, 0.6) is 5.75 Å². The van der Waals surface area contributed by atoms with Crippen molar-refractivity contribution < 1.29 is 14.5 Å². The van der Waals surface area contributed by atoms with Gasteiger partial charge in [-0.2, -0.15) is 9.97 Å². The smallest absolute Gasteiger partial charge is 0.410 e. The first-order valence-electron chi connectivity index (χ1n) is 12.1. The van der Waals surface area contributed by atoms with E-state index in [2.05, 4.69) is 16.9 Å². The third-order valence-electron chi connectivity index (χ3n) is 6.14. The molecule has 1 aliphatic heterocycles. The number of nitrogens with zero attached hydrogens (tertiary/aromatic N) is 7. The second-order valence-corrected chi connectivity index (χ2v) is 8.67. The largest absolute Gasteiger partial charge is 0.415 e. The van der Waals surface area contributed by atoms with Crippen LogP contribution in [0.15, 0.2) is 73.6 Å². The fourth-order valence-corrected chi connectivity index (χ4v) is 4.14. The summed E-state index contributed by atoms with van der Waals surface area (Å²) < 4.78 is 7.35. The second-order valence-electron chi connectivity index (χ2n) is 8.67. The van der Waals surface area contributed by atoms with Crippen LogP contribution in [0.25, 0.3) is 11.2 Å². The zero-order valence-electron chi connectivity index (χ0n) is 20.6. The van der Waals surface area contributed by atoms with Gasteiger partial charge in [-0.05, 0) is 17.7 Å². The molecule has 1 fully saturated rings. The van der Waals surface area contributed by atoms with Crippen molar-refractivity contribution in [1.29, 1.82) is 0 Å². The Morgan fingerprint density at radius 1 is 1.08 bits per heavy atom. The highest BCUT2D eigenvalue weighted by Crippen LogP contribution is 2.25. The molecule has 194 valence electrons. The minimum Gasteiger partial charge on any atom is -0.410 e. The van der Waals surface area contributed by atoms with Gasteiger partial charge in [0.15, 0.2) is 17.0 Å². The number of aromatic nitrogens is 4. The molecule has 4 aromatic rings. The summed E-state index contributed by atoms with van der Waals surface area (Å²) in [6.45, 7) is 6.69. The Balaban J connectivity index is 1.35. The Hall–Kier alpha value is -5.00. The summed E-state index contributed by atoms with van der Waals surface area (Å²) in [5.74, 6) is 1.61. The van der Waals surface area contributed by atoms with Gasteiger partial charge in [0.1, 0.15) is 5.75 Å². The van der Waals surface area contributed by atoms with E-state index in [4.69, 9.17) is 14.7 Å². The van der Waals surface area contributed by atoms with Crippen molar-refractivity contribution in [2.75, 3.05) is 42.9 Å².